The number of hydrogen-bond acceptors (Lipinski definition) is 3. The summed E-state index contributed by atoms with van der Waals surface area (Å²) < 4.78 is 43.3. The molecular formula is C12H11BrF3NO3. The summed E-state index contributed by atoms with van der Waals surface area (Å²) in [7, 11) is 2.35. The zero-order valence-corrected chi connectivity index (χ0v) is 12.2. The van der Waals surface area contributed by atoms with Gasteiger partial charge in [0, 0.05) is 11.5 Å². The highest BCUT2D eigenvalue weighted by Crippen LogP contribution is 2.34. The Labute approximate surface area is 121 Å². The van der Waals surface area contributed by atoms with Crippen LogP contribution in [0.5, 0.6) is 0 Å². The molecule has 0 atom stereocenters. The van der Waals surface area contributed by atoms with Crippen LogP contribution >= 0.6 is 15.9 Å². The largest absolute Gasteiger partial charge is 0.468 e. The minimum Gasteiger partial charge on any atom is -0.468 e. The standard InChI is InChI=1S/C12H11BrF3NO3/c1-17(6-10(18)20-2)11(19)8-4-3-7(13)5-9(8)12(14,15)16/h3-5H,6H2,1-2H3. The fourth-order valence-corrected chi connectivity index (χ4v) is 1.83. The van der Waals surface area contributed by atoms with E-state index in [0.29, 0.717) is 0 Å². The molecule has 1 aromatic rings. The number of methoxy groups -OCH3 is 1. The van der Waals surface area contributed by atoms with Crippen LogP contribution in [0.1, 0.15) is 15.9 Å². The van der Waals surface area contributed by atoms with Crippen molar-refractivity contribution in [2.75, 3.05) is 20.7 Å². The van der Waals surface area contributed by atoms with E-state index in [9.17, 15) is 22.8 Å². The highest BCUT2D eigenvalue weighted by Gasteiger charge is 2.36. The summed E-state index contributed by atoms with van der Waals surface area (Å²) in [5, 5.41) is 0. The number of rotatable bonds is 3. The molecule has 0 aliphatic carbocycles. The molecule has 0 bridgehead atoms. The summed E-state index contributed by atoms with van der Waals surface area (Å²) >= 11 is 2.93. The highest BCUT2D eigenvalue weighted by atomic mass is 79.9. The van der Waals surface area contributed by atoms with Crippen LogP contribution in [0, 0.1) is 0 Å². The summed E-state index contributed by atoms with van der Waals surface area (Å²) in [6.07, 6.45) is -4.67. The van der Waals surface area contributed by atoms with Gasteiger partial charge in [-0.05, 0) is 18.2 Å². The van der Waals surface area contributed by atoms with Crippen LogP contribution in [0.25, 0.3) is 0 Å². The predicted molar refractivity (Wildman–Crippen MR) is 68.1 cm³/mol. The average Bonchev–Trinajstić information content (AvgIpc) is 2.36. The van der Waals surface area contributed by atoms with Gasteiger partial charge in [0.2, 0.25) is 0 Å². The van der Waals surface area contributed by atoms with Gasteiger partial charge in [-0.25, -0.2) is 0 Å². The molecule has 1 amide bonds. The van der Waals surface area contributed by atoms with Crippen molar-refractivity contribution in [3.05, 3.63) is 33.8 Å². The van der Waals surface area contributed by atoms with Crippen molar-refractivity contribution >= 4 is 27.8 Å². The molecule has 0 aliphatic heterocycles. The predicted octanol–water partition coefficient (Wildman–Crippen LogP) is 2.71. The van der Waals surface area contributed by atoms with Crippen molar-refractivity contribution in [3.63, 3.8) is 0 Å². The van der Waals surface area contributed by atoms with Crippen molar-refractivity contribution < 1.29 is 27.5 Å². The van der Waals surface area contributed by atoms with E-state index in [-0.39, 0.29) is 4.47 Å². The Bertz CT molecular complexity index is 531. The van der Waals surface area contributed by atoms with Gasteiger partial charge >= 0.3 is 12.1 Å². The Morgan fingerprint density at radius 3 is 2.45 bits per heavy atom. The molecule has 8 heteroatoms. The summed E-state index contributed by atoms with van der Waals surface area (Å²) in [5.41, 5.74) is -1.58. The van der Waals surface area contributed by atoms with Gasteiger partial charge in [0.25, 0.3) is 5.91 Å². The van der Waals surface area contributed by atoms with E-state index in [4.69, 9.17) is 0 Å². The number of alkyl halides is 3. The van der Waals surface area contributed by atoms with Crippen molar-refractivity contribution in [1.82, 2.24) is 4.90 Å². The lowest BCUT2D eigenvalue weighted by Crippen LogP contribution is -2.33. The van der Waals surface area contributed by atoms with E-state index in [1.165, 1.54) is 13.1 Å². The molecule has 0 spiro atoms. The Balaban J connectivity index is 3.13. The van der Waals surface area contributed by atoms with Crippen molar-refractivity contribution in [1.29, 1.82) is 0 Å². The molecule has 1 rings (SSSR count). The average molecular weight is 354 g/mol. The Kier molecular flexibility index (Phi) is 5.15. The number of hydrogen-bond donors (Lipinski definition) is 0. The SMILES string of the molecule is COC(=O)CN(C)C(=O)c1ccc(Br)cc1C(F)(F)F. The molecule has 0 N–H and O–H groups in total. The van der Waals surface area contributed by atoms with Crippen LogP contribution < -0.4 is 0 Å². The van der Waals surface area contributed by atoms with Crippen molar-refractivity contribution in [3.8, 4) is 0 Å². The zero-order chi connectivity index (χ0) is 15.5. The molecule has 0 aromatic heterocycles. The number of carbonyl (C=O) groups excluding carboxylic acids is 2. The molecule has 4 nitrogen and oxygen atoms in total. The third-order valence-electron chi connectivity index (χ3n) is 2.46. The van der Waals surface area contributed by atoms with E-state index >= 15 is 0 Å². The number of benzene rings is 1. The molecule has 0 radical (unpaired) electrons. The molecule has 0 saturated carbocycles. The van der Waals surface area contributed by atoms with Crippen LogP contribution in [-0.2, 0) is 15.7 Å². The number of likely N-dealkylation sites (N-methyl/N-ethyl adjacent to an activating group) is 1. The summed E-state index contributed by atoms with van der Waals surface area (Å²) in [5.74, 6) is -1.62. The van der Waals surface area contributed by atoms with E-state index in [2.05, 4.69) is 20.7 Å². The topological polar surface area (TPSA) is 46.6 Å². The van der Waals surface area contributed by atoms with Gasteiger partial charge in [0.05, 0.1) is 18.2 Å². The summed E-state index contributed by atoms with van der Waals surface area (Å²) in [6, 6.07) is 3.21. The lowest BCUT2D eigenvalue weighted by atomic mass is 10.1. The number of halogens is 4. The van der Waals surface area contributed by atoms with E-state index < -0.39 is 35.7 Å². The van der Waals surface area contributed by atoms with Crippen LogP contribution in [0.15, 0.2) is 22.7 Å². The second-order valence-corrected chi connectivity index (χ2v) is 4.84. The van der Waals surface area contributed by atoms with Gasteiger partial charge in [-0.15, -0.1) is 0 Å². The quantitative estimate of drug-likeness (QED) is 0.785. The first-order chi connectivity index (χ1) is 9.16. The van der Waals surface area contributed by atoms with Crippen LogP contribution in [-0.4, -0.2) is 37.5 Å². The molecule has 110 valence electrons. The van der Waals surface area contributed by atoms with Crippen molar-refractivity contribution in [2.45, 2.75) is 6.18 Å². The number of esters is 1. The first-order valence-corrected chi connectivity index (χ1v) is 6.15. The van der Waals surface area contributed by atoms with Gasteiger partial charge in [-0.3, -0.25) is 9.59 Å². The summed E-state index contributed by atoms with van der Waals surface area (Å²) in [4.78, 5) is 23.9. The second-order valence-electron chi connectivity index (χ2n) is 3.93. The highest BCUT2D eigenvalue weighted by molar-refractivity contribution is 9.10. The number of carbonyl (C=O) groups is 2. The third-order valence-corrected chi connectivity index (χ3v) is 2.95. The van der Waals surface area contributed by atoms with Gasteiger partial charge in [-0.1, -0.05) is 15.9 Å². The van der Waals surface area contributed by atoms with E-state index in [1.54, 1.807) is 0 Å². The van der Waals surface area contributed by atoms with Gasteiger partial charge in [0.1, 0.15) is 6.54 Å². The summed E-state index contributed by atoms with van der Waals surface area (Å²) in [6.45, 7) is -0.428. The molecule has 20 heavy (non-hydrogen) atoms. The van der Waals surface area contributed by atoms with Crippen LogP contribution in [0.2, 0.25) is 0 Å². The minimum absolute atomic E-state index is 0.206. The minimum atomic E-state index is -4.67. The number of amides is 1. The van der Waals surface area contributed by atoms with Crippen molar-refractivity contribution in [2.24, 2.45) is 0 Å². The molecule has 0 saturated heterocycles. The lowest BCUT2D eigenvalue weighted by Gasteiger charge is -2.19. The molecule has 0 aliphatic rings. The molecule has 0 heterocycles. The maximum Gasteiger partial charge on any atom is 0.417 e. The number of ether oxygens (including phenoxy) is 1. The third kappa shape index (κ3) is 3.96. The lowest BCUT2D eigenvalue weighted by molar-refractivity contribution is -0.141. The Morgan fingerprint density at radius 1 is 1.35 bits per heavy atom. The number of nitrogens with zero attached hydrogens (tertiary/aromatic N) is 1. The zero-order valence-electron chi connectivity index (χ0n) is 10.6. The first kappa shape index (κ1) is 16.5. The molecule has 0 unspecified atom stereocenters. The molecule has 0 fully saturated rings. The maximum absolute atomic E-state index is 12.9. The van der Waals surface area contributed by atoms with E-state index in [0.717, 1.165) is 24.1 Å². The maximum atomic E-state index is 12.9. The fourth-order valence-electron chi connectivity index (χ4n) is 1.47. The van der Waals surface area contributed by atoms with Crippen LogP contribution in [0.3, 0.4) is 0 Å². The first-order valence-electron chi connectivity index (χ1n) is 5.36. The Morgan fingerprint density at radius 2 is 1.95 bits per heavy atom. The van der Waals surface area contributed by atoms with Gasteiger partial charge < -0.3 is 9.64 Å². The van der Waals surface area contributed by atoms with Gasteiger partial charge in [-0.2, -0.15) is 13.2 Å². The molecular weight excluding hydrogens is 343 g/mol. The monoisotopic (exact) mass is 353 g/mol. The normalized spacial score (nSPS) is 11.1. The van der Waals surface area contributed by atoms with E-state index in [1.807, 2.05) is 0 Å². The second kappa shape index (κ2) is 6.25. The van der Waals surface area contributed by atoms with Crippen LogP contribution in [0.4, 0.5) is 13.2 Å². The van der Waals surface area contributed by atoms with Gasteiger partial charge in [0.15, 0.2) is 0 Å². The smallest absolute Gasteiger partial charge is 0.417 e. The Hall–Kier alpha value is -1.57. The molecule has 1 aromatic carbocycles. The fraction of sp³-hybridized carbons (Fsp3) is 0.333.